The zero-order valence-electron chi connectivity index (χ0n) is 37.7. The highest BCUT2D eigenvalue weighted by atomic mass is 16.7. The molecule has 0 aromatic rings. The number of aliphatic hydroxyl groups is 5. The Balaban J connectivity index is 2.25. The molecule has 58 heavy (non-hydrogen) atoms. The number of carbonyl (C=O) groups is 2. The van der Waals surface area contributed by atoms with Crippen LogP contribution in [0.2, 0.25) is 0 Å². The summed E-state index contributed by atoms with van der Waals surface area (Å²) in [7, 11) is 4.89. The van der Waals surface area contributed by atoms with E-state index in [1.54, 1.807) is 48.5 Å². The van der Waals surface area contributed by atoms with Gasteiger partial charge in [-0.15, -0.1) is 0 Å². The van der Waals surface area contributed by atoms with Crippen LogP contribution in [0.3, 0.4) is 0 Å². The van der Waals surface area contributed by atoms with Gasteiger partial charge >= 0.3 is 5.97 Å². The first-order valence-electron chi connectivity index (χ1n) is 21.2. The largest absolute Gasteiger partial charge is 0.459 e. The molecule has 3 rings (SSSR count). The number of likely N-dealkylation sites (N-methyl/N-ethyl adjacent to an activating group) is 2. The van der Waals surface area contributed by atoms with Gasteiger partial charge in [0.1, 0.15) is 30.5 Å². The van der Waals surface area contributed by atoms with Gasteiger partial charge in [0.25, 0.3) is 0 Å². The van der Waals surface area contributed by atoms with Crippen molar-refractivity contribution in [3.63, 3.8) is 0 Å². The van der Waals surface area contributed by atoms with Crippen molar-refractivity contribution in [2.24, 2.45) is 23.7 Å². The van der Waals surface area contributed by atoms with Crippen LogP contribution in [0.5, 0.6) is 0 Å². The quantitative estimate of drug-likeness (QED) is 0.165. The van der Waals surface area contributed by atoms with E-state index in [1.807, 2.05) is 34.7 Å². The van der Waals surface area contributed by atoms with Gasteiger partial charge < -0.3 is 64.0 Å². The molecule has 19 atom stereocenters. The first kappa shape index (κ1) is 50.8. The molecule has 0 radical (unpaired) electrons. The minimum Gasteiger partial charge on any atom is -0.459 e. The molecule has 0 aromatic heterocycles. The molecule has 0 aromatic carbocycles. The molecule has 3 heterocycles. The van der Waals surface area contributed by atoms with Gasteiger partial charge in [0.15, 0.2) is 12.6 Å². The van der Waals surface area contributed by atoms with Crippen LogP contribution in [-0.4, -0.2) is 167 Å². The Labute approximate surface area is 346 Å². The maximum atomic E-state index is 14.3. The number of rotatable bonds is 11. The lowest BCUT2D eigenvalue weighted by Gasteiger charge is -2.50. The van der Waals surface area contributed by atoms with Crippen LogP contribution in [-0.2, 0) is 42.7 Å². The lowest BCUT2D eigenvalue weighted by Crippen LogP contribution is -2.62. The normalized spacial score (nSPS) is 46.4. The average molecular weight is 835 g/mol. The Morgan fingerprint density at radius 2 is 1.57 bits per heavy atom. The number of methoxy groups -OCH3 is 1. The molecule has 0 aliphatic carbocycles. The van der Waals surface area contributed by atoms with E-state index in [1.165, 1.54) is 21.1 Å². The van der Waals surface area contributed by atoms with E-state index >= 15 is 0 Å². The maximum absolute atomic E-state index is 14.3. The van der Waals surface area contributed by atoms with Crippen LogP contribution in [0.25, 0.3) is 0 Å². The Morgan fingerprint density at radius 3 is 2.12 bits per heavy atom. The van der Waals surface area contributed by atoms with E-state index in [-0.39, 0.29) is 44.1 Å². The summed E-state index contributed by atoms with van der Waals surface area (Å²) in [5.74, 6) is -4.50. The van der Waals surface area contributed by atoms with Crippen molar-refractivity contribution in [1.82, 2.24) is 10.2 Å². The molecule has 3 aliphatic heterocycles. The molecule has 1 amide bonds. The monoisotopic (exact) mass is 835 g/mol. The first-order valence-corrected chi connectivity index (χ1v) is 21.2. The molecule has 0 spiro atoms. The Bertz CT molecular complexity index is 1320. The van der Waals surface area contributed by atoms with Crippen LogP contribution < -0.4 is 5.32 Å². The molecule has 3 saturated heterocycles. The lowest BCUT2D eigenvalue weighted by molar-refractivity contribution is -0.319. The molecule has 0 saturated carbocycles. The first-order chi connectivity index (χ1) is 26.8. The summed E-state index contributed by atoms with van der Waals surface area (Å²) in [5, 5.41) is 62.0. The van der Waals surface area contributed by atoms with Gasteiger partial charge in [0.05, 0.1) is 53.7 Å². The average Bonchev–Trinajstić information content (AvgIpc) is 3.15. The summed E-state index contributed by atoms with van der Waals surface area (Å²) in [6.45, 7) is 20.6. The summed E-state index contributed by atoms with van der Waals surface area (Å²) in [6.07, 6.45) is -10.5. The fourth-order valence-electron chi connectivity index (χ4n) is 9.41. The molecule has 340 valence electrons. The number of hydrogen-bond donors (Lipinski definition) is 6. The van der Waals surface area contributed by atoms with E-state index in [4.69, 9.17) is 33.2 Å². The Kier molecular flexibility index (Phi) is 18.0. The summed E-state index contributed by atoms with van der Waals surface area (Å²) < 4.78 is 44.0. The second kappa shape index (κ2) is 20.6. The second-order valence-electron chi connectivity index (χ2n) is 18.5. The van der Waals surface area contributed by atoms with Gasteiger partial charge in [-0.2, -0.15) is 0 Å². The van der Waals surface area contributed by atoms with E-state index in [0.717, 1.165) is 0 Å². The molecule has 3 aliphatic rings. The minimum absolute atomic E-state index is 0.0268. The topological polar surface area (TPSA) is 215 Å². The third kappa shape index (κ3) is 11.5. The van der Waals surface area contributed by atoms with Gasteiger partial charge in [-0.1, -0.05) is 27.7 Å². The van der Waals surface area contributed by atoms with Crippen molar-refractivity contribution in [1.29, 1.82) is 0 Å². The van der Waals surface area contributed by atoms with Crippen molar-refractivity contribution in [2.45, 2.75) is 205 Å². The standard InChI is InChI=1S/C42H78N2O14/c1-16-29-42(12,51)35(47)24(6)33(53-20-30(45)43-13)22(4)18-40(10,50)37(58-39-32(46)28(17-23(5)54-39)44(14)21(2)3)25(7)34(26(8)38(49)56-29)57-31-19-41(11,52-15)36(48)27(9)55-31/h21-29,31-37,39,46-48,50-51H,16-20H2,1-15H3,(H,43,45)/t22-,23+,24+,25+,26-,27-,28-,29-,31-,32+,33+,34+,35-,36-,37-,39-,40-,41+,42-/m1/s1. The highest BCUT2D eigenvalue weighted by Crippen LogP contribution is 2.42. The van der Waals surface area contributed by atoms with Gasteiger partial charge in [0, 0.05) is 44.5 Å². The molecule has 3 fully saturated rings. The summed E-state index contributed by atoms with van der Waals surface area (Å²) in [4.78, 5) is 28.9. The van der Waals surface area contributed by atoms with Crippen LogP contribution in [0.4, 0.5) is 0 Å². The number of esters is 1. The van der Waals surface area contributed by atoms with Crippen molar-refractivity contribution in [3.8, 4) is 0 Å². The highest BCUT2D eigenvalue weighted by Gasteiger charge is 2.54. The number of nitrogens with zero attached hydrogens (tertiary/aromatic N) is 1. The summed E-state index contributed by atoms with van der Waals surface area (Å²) in [6, 6.07) is -0.246. The number of carbonyl (C=O) groups excluding carboxylic acids is 2. The fraction of sp³-hybridized carbons (Fsp3) is 0.952. The van der Waals surface area contributed by atoms with E-state index in [9.17, 15) is 35.1 Å². The Hall–Kier alpha value is -1.54. The third-order valence-corrected chi connectivity index (χ3v) is 13.4. The van der Waals surface area contributed by atoms with Crippen LogP contribution >= 0.6 is 0 Å². The molecule has 6 N–H and O–H groups in total. The zero-order valence-corrected chi connectivity index (χ0v) is 37.7. The van der Waals surface area contributed by atoms with Crippen molar-refractivity contribution < 1.29 is 68.3 Å². The van der Waals surface area contributed by atoms with Gasteiger partial charge in [0.2, 0.25) is 5.91 Å². The van der Waals surface area contributed by atoms with Gasteiger partial charge in [-0.3, -0.25) is 14.5 Å². The number of ether oxygens (including phenoxy) is 7. The van der Waals surface area contributed by atoms with E-state index in [2.05, 4.69) is 10.2 Å². The molecular weight excluding hydrogens is 756 g/mol. The number of cyclic esters (lactones) is 1. The van der Waals surface area contributed by atoms with Crippen LogP contribution in [0.1, 0.15) is 109 Å². The number of nitrogens with one attached hydrogen (secondary N) is 1. The predicted molar refractivity (Wildman–Crippen MR) is 214 cm³/mol. The molecule has 16 nitrogen and oxygen atoms in total. The second-order valence-corrected chi connectivity index (χ2v) is 18.5. The highest BCUT2D eigenvalue weighted by molar-refractivity contribution is 5.76. The molecule has 0 unspecified atom stereocenters. The van der Waals surface area contributed by atoms with E-state index < -0.39 is 114 Å². The summed E-state index contributed by atoms with van der Waals surface area (Å²) >= 11 is 0. The SMILES string of the molecule is CC[C@H]1OC(=O)[C@H](C)[C@@H](O[C@@H]2C[C@](C)(OC)[C@H](O)[C@@H](C)O2)[C@H](C)[C@@H](O[C@H]2O[C@@H](C)C[C@@H](N(C)C(C)C)[C@@H]2O)[C@](C)(O)C[C@@H](C)[C@H](OCC(=O)NC)[C@H](C)[C@@H](O)[C@]1(C)O. The van der Waals surface area contributed by atoms with Crippen molar-refractivity contribution in [3.05, 3.63) is 0 Å². The van der Waals surface area contributed by atoms with Crippen LogP contribution in [0.15, 0.2) is 0 Å². The molecular formula is C42H78N2O14. The molecule has 0 bridgehead atoms. The van der Waals surface area contributed by atoms with Gasteiger partial charge in [-0.25, -0.2) is 0 Å². The Morgan fingerprint density at radius 1 is 0.948 bits per heavy atom. The van der Waals surface area contributed by atoms with Gasteiger partial charge in [-0.05, 0) is 87.6 Å². The van der Waals surface area contributed by atoms with Crippen molar-refractivity contribution >= 4 is 11.9 Å². The smallest absolute Gasteiger partial charge is 0.311 e. The minimum atomic E-state index is -1.97. The van der Waals surface area contributed by atoms with Crippen LogP contribution in [0, 0.1) is 23.7 Å². The number of amides is 1. The summed E-state index contributed by atoms with van der Waals surface area (Å²) in [5.41, 5.74) is -4.81. The molecule has 16 heteroatoms. The lowest BCUT2D eigenvalue weighted by atomic mass is 9.73. The van der Waals surface area contributed by atoms with Crippen molar-refractivity contribution in [2.75, 3.05) is 27.8 Å². The third-order valence-electron chi connectivity index (χ3n) is 13.4. The zero-order chi connectivity index (χ0) is 44.2. The number of hydrogen-bond acceptors (Lipinski definition) is 15. The number of aliphatic hydroxyl groups excluding tert-OH is 3. The predicted octanol–water partition coefficient (Wildman–Crippen LogP) is 2.13. The van der Waals surface area contributed by atoms with E-state index in [0.29, 0.717) is 6.42 Å². The fourth-order valence-corrected chi connectivity index (χ4v) is 9.41. The maximum Gasteiger partial charge on any atom is 0.311 e.